The van der Waals surface area contributed by atoms with Gasteiger partial charge in [0.05, 0.1) is 6.20 Å². The summed E-state index contributed by atoms with van der Waals surface area (Å²) in [5.74, 6) is 0. The Morgan fingerprint density at radius 1 is 0.769 bits per heavy atom. The normalized spacial score (nSPS) is 8.38. The molecule has 0 amide bonds. The molecule has 0 unspecified atom stereocenters. The molecule has 0 saturated carbocycles. The minimum atomic E-state index is 0.433. The van der Waals surface area contributed by atoms with E-state index in [2.05, 4.69) is 19.9 Å². The zero-order valence-corrected chi connectivity index (χ0v) is 7.46. The topological polar surface area (TPSA) is 51.6 Å². The number of halogens is 1. The maximum Gasteiger partial charge on any atom is 0.147 e. The highest BCUT2D eigenvalue weighted by molar-refractivity contribution is 6.29. The van der Waals surface area contributed by atoms with Crippen LogP contribution in [0.15, 0.2) is 43.4 Å². The van der Waals surface area contributed by atoms with Crippen LogP contribution in [0.25, 0.3) is 0 Å². The van der Waals surface area contributed by atoms with Crippen LogP contribution < -0.4 is 0 Å². The van der Waals surface area contributed by atoms with E-state index in [1.807, 2.05) is 0 Å². The van der Waals surface area contributed by atoms with Crippen molar-refractivity contribution in [1.82, 2.24) is 19.9 Å². The quantitative estimate of drug-likeness (QED) is 0.640. The lowest BCUT2D eigenvalue weighted by Crippen LogP contribution is -1.71. The molecule has 0 atom stereocenters. The first-order chi connectivity index (χ1) is 6.39. The summed E-state index contributed by atoms with van der Waals surface area (Å²) in [6.07, 6.45) is 11.2. The summed E-state index contributed by atoms with van der Waals surface area (Å²) in [6.45, 7) is 0. The fourth-order valence-corrected chi connectivity index (χ4v) is 0.647. The second-order valence-electron chi connectivity index (χ2n) is 1.92. The van der Waals surface area contributed by atoms with Gasteiger partial charge in [-0.25, -0.2) is 4.98 Å². The Balaban J connectivity index is 0.000000132. The molecule has 0 fully saturated rings. The molecule has 0 aliphatic heterocycles. The highest BCUT2D eigenvalue weighted by Crippen LogP contribution is 1.95. The summed E-state index contributed by atoms with van der Waals surface area (Å²) in [7, 11) is 0. The smallest absolute Gasteiger partial charge is 0.147 e. The molecule has 0 spiro atoms. The summed E-state index contributed by atoms with van der Waals surface area (Å²) in [6, 6.07) is 0. The second-order valence-corrected chi connectivity index (χ2v) is 2.31. The Labute approximate surface area is 80.7 Å². The second kappa shape index (κ2) is 6.02. The average Bonchev–Trinajstić information content (AvgIpc) is 2.22. The molecule has 2 heterocycles. The van der Waals surface area contributed by atoms with E-state index in [4.69, 9.17) is 11.6 Å². The summed E-state index contributed by atoms with van der Waals surface area (Å²) >= 11 is 5.37. The Morgan fingerprint density at radius 3 is 1.54 bits per heavy atom. The van der Waals surface area contributed by atoms with Gasteiger partial charge in [-0.2, -0.15) is 0 Å². The number of hydrogen-bond acceptors (Lipinski definition) is 4. The van der Waals surface area contributed by atoms with Crippen LogP contribution >= 0.6 is 11.6 Å². The van der Waals surface area contributed by atoms with Crippen molar-refractivity contribution in [3.63, 3.8) is 0 Å². The molecule has 0 aliphatic rings. The van der Waals surface area contributed by atoms with Crippen molar-refractivity contribution in [2.75, 3.05) is 0 Å². The molecule has 0 N–H and O–H groups in total. The van der Waals surface area contributed by atoms with Crippen LogP contribution in [0.2, 0.25) is 5.15 Å². The molecule has 66 valence electrons. The third-order valence-electron chi connectivity index (χ3n) is 1.01. The zero-order valence-electron chi connectivity index (χ0n) is 6.71. The molecule has 0 saturated heterocycles. The van der Waals surface area contributed by atoms with Crippen molar-refractivity contribution < 1.29 is 0 Å². The number of hydrogen-bond donors (Lipinski definition) is 0. The molecule has 0 aliphatic carbocycles. The molecule has 5 heteroatoms. The molecular formula is C8H7ClN4. The highest BCUT2D eigenvalue weighted by Gasteiger charge is 1.77. The van der Waals surface area contributed by atoms with Gasteiger partial charge in [0.1, 0.15) is 5.15 Å². The zero-order chi connectivity index (χ0) is 9.36. The van der Waals surface area contributed by atoms with Crippen LogP contribution in [0.3, 0.4) is 0 Å². The van der Waals surface area contributed by atoms with Crippen molar-refractivity contribution in [3.05, 3.63) is 48.5 Å². The maximum absolute atomic E-state index is 5.37. The summed E-state index contributed by atoms with van der Waals surface area (Å²) < 4.78 is 0. The summed E-state index contributed by atoms with van der Waals surface area (Å²) in [5, 5.41) is 0.433. The Hall–Kier alpha value is -1.55. The molecule has 2 aromatic heterocycles. The third-order valence-corrected chi connectivity index (χ3v) is 1.20. The van der Waals surface area contributed by atoms with Gasteiger partial charge in [-0.05, 0) is 0 Å². The lowest BCUT2D eigenvalue weighted by Gasteiger charge is -1.79. The van der Waals surface area contributed by atoms with Gasteiger partial charge in [0.15, 0.2) is 0 Å². The van der Waals surface area contributed by atoms with E-state index in [9.17, 15) is 0 Å². The maximum atomic E-state index is 5.37. The van der Waals surface area contributed by atoms with Crippen molar-refractivity contribution in [3.8, 4) is 0 Å². The average molecular weight is 195 g/mol. The minimum absolute atomic E-state index is 0.433. The molecule has 0 bridgehead atoms. The lowest BCUT2D eigenvalue weighted by molar-refractivity contribution is 1.20. The fraction of sp³-hybridized carbons (Fsp3) is 0. The SMILES string of the molecule is Clc1cnccn1.c1cnccn1. The Bertz CT molecular complexity index is 287. The Morgan fingerprint density at radius 2 is 1.31 bits per heavy atom. The molecule has 13 heavy (non-hydrogen) atoms. The van der Waals surface area contributed by atoms with Gasteiger partial charge in [-0.15, -0.1) is 0 Å². The predicted octanol–water partition coefficient (Wildman–Crippen LogP) is 1.61. The van der Waals surface area contributed by atoms with Crippen LogP contribution in [0.4, 0.5) is 0 Å². The number of rotatable bonds is 0. The van der Waals surface area contributed by atoms with Gasteiger partial charge in [-0.3, -0.25) is 15.0 Å². The van der Waals surface area contributed by atoms with Gasteiger partial charge in [0, 0.05) is 37.2 Å². The van der Waals surface area contributed by atoms with Crippen LogP contribution in [-0.2, 0) is 0 Å². The third kappa shape index (κ3) is 4.81. The summed E-state index contributed by atoms with van der Waals surface area (Å²) in [5.41, 5.74) is 0. The van der Waals surface area contributed by atoms with Crippen molar-refractivity contribution in [2.24, 2.45) is 0 Å². The molecule has 0 radical (unpaired) electrons. The minimum Gasteiger partial charge on any atom is -0.262 e. The first kappa shape index (κ1) is 9.54. The predicted molar refractivity (Wildman–Crippen MR) is 49.1 cm³/mol. The van der Waals surface area contributed by atoms with Crippen LogP contribution in [0, 0.1) is 0 Å². The highest BCUT2D eigenvalue weighted by atomic mass is 35.5. The van der Waals surface area contributed by atoms with E-state index in [1.54, 1.807) is 37.2 Å². The molecular weight excluding hydrogens is 188 g/mol. The van der Waals surface area contributed by atoms with E-state index >= 15 is 0 Å². The monoisotopic (exact) mass is 194 g/mol. The lowest BCUT2D eigenvalue weighted by atomic mass is 10.8. The van der Waals surface area contributed by atoms with Gasteiger partial charge in [0.25, 0.3) is 0 Å². The van der Waals surface area contributed by atoms with Gasteiger partial charge < -0.3 is 0 Å². The number of nitrogens with zero attached hydrogens (tertiary/aromatic N) is 4. The van der Waals surface area contributed by atoms with Gasteiger partial charge in [0.2, 0.25) is 0 Å². The summed E-state index contributed by atoms with van der Waals surface area (Å²) in [4.78, 5) is 14.8. The van der Waals surface area contributed by atoms with Crippen molar-refractivity contribution in [2.45, 2.75) is 0 Å². The molecule has 0 aromatic carbocycles. The molecule has 2 aromatic rings. The standard InChI is InChI=1S/C4H3ClN2.C4H4N2/c5-4-3-6-1-2-7-4;1-2-6-4-3-5-1/h1-3H;1-4H. The van der Waals surface area contributed by atoms with Crippen molar-refractivity contribution in [1.29, 1.82) is 0 Å². The number of aromatic nitrogens is 4. The first-order valence-electron chi connectivity index (χ1n) is 3.51. The van der Waals surface area contributed by atoms with E-state index < -0.39 is 0 Å². The van der Waals surface area contributed by atoms with Crippen molar-refractivity contribution >= 4 is 11.6 Å². The molecule has 4 nitrogen and oxygen atoms in total. The van der Waals surface area contributed by atoms with E-state index in [1.165, 1.54) is 6.20 Å². The first-order valence-corrected chi connectivity index (χ1v) is 3.89. The van der Waals surface area contributed by atoms with Crippen LogP contribution in [0.1, 0.15) is 0 Å². The van der Waals surface area contributed by atoms with E-state index in [0.717, 1.165) is 0 Å². The van der Waals surface area contributed by atoms with Crippen LogP contribution in [-0.4, -0.2) is 19.9 Å². The van der Waals surface area contributed by atoms with E-state index in [-0.39, 0.29) is 0 Å². The fourth-order valence-electron chi connectivity index (χ4n) is 0.534. The Kier molecular flexibility index (Phi) is 4.42. The van der Waals surface area contributed by atoms with E-state index in [0.29, 0.717) is 5.15 Å². The van der Waals surface area contributed by atoms with Crippen LogP contribution in [0.5, 0.6) is 0 Å². The van der Waals surface area contributed by atoms with Gasteiger partial charge in [-0.1, -0.05) is 11.6 Å². The molecule has 2 rings (SSSR count). The largest absolute Gasteiger partial charge is 0.262 e. The van der Waals surface area contributed by atoms with Gasteiger partial charge >= 0.3 is 0 Å².